The number of anilines is 1. The summed E-state index contributed by atoms with van der Waals surface area (Å²) in [4.78, 5) is 18.3. The second-order valence-corrected chi connectivity index (χ2v) is 7.24. The number of hydrogen-bond acceptors (Lipinski definition) is 5. The van der Waals surface area contributed by atoms with Crippen molar-refractivity contribution in [2.45, 2.75) is 26.0 Å². The third kappa shape index (κ3) is 4.00. The van der Waals surface area contributed by atoms with Gasteiger partial charge >= 0.3 is 6.03 Å². The van der Waals surface area contributed by atoms with Crippen LogP contribution in [0.5, 0.6) is 0 Å². The van der Waals surface area contributed by atoms with Crippen LogP contribution in [-0.4, -0.2) is 51.3 Å². The normalized spacial score (nSPS) is 23.4. The first-order chi connectivity index (χ1) is 9.60. The molecule has 1 aromatic heterocycles. The van der Waals surface area contributed by atoms with Gasteiger partial charge in [0.2, 0.25) is 0 Å². The molecular weight excluding hydrogens is 298 g/mol. The molecular formula is C12H19N3O3S2. The molecule has 2 rings (SSSR count). The predicted octanol–water partition coefficient (Wildman–Crippen LogP) is 1.66. The second kappa shape index (κ2) is 7.14. The Labute approximate surface area is 125 Å². The Morgan fingerprint density at radius 3 is 3.20 bits per heavy atom. The Hall–Kier alpha value is -0.990. The molecule has 1 fully saturated rings. The van der Waals surface area contributed by atoms with Crippen molar-refractivity contribution in [3.63, 3.8) is 0 Å². The Balaban J connectivity index is 1.97. The van der Waals surface area contributed by atoms with Crippen LogP contribution >= 0.6 is 11.3 Å². The van der Waals surface area contributed by atoms with E-state index >= 15 is 0 Å². The summed E-state index contributed by atoms with van der Waals surface area (Å²) in [5, 5.41) is 5.23. The van der Waals surface area contributed by atoms with E-state index in [0.717, 1.165) is 12.1 Å². The minimum atomic E-state index is -0.812. The monoisotopic (exact) mass is 317 g/mol. The maximum atomic E-state index is 12.3. The van der Waals surface area contributed by atoms with Gasteiger partial charge in [-0.1, -0.05) is 0 Å². The van der Waals surface area contributed by atoms with E-state index in [2.05, 4.69) is 10.3 Å². The molecule has 2 amide bonds. The number of aromatic nitrogens is 1. The van der Waals surface area contributed by atoms with E-state index in [9.17, 15) is 9.00 Å². The maximum Gasteiger partial charge on any atom is 0.323 e. The van der Waals surface area contributed by atoms with Crippen LogP contribution in [0.15, 0.2) is 5.38 Å². The molecule has 1 aliphatic heterocycles. The smallest absolute Gasteiger partial charge is 0.323 e. The highest BCUT2D eigenvalue weighted by Crippen LogP contribution is 2.18. The number of urea groups is 1. The average Bonchev–Trinajstić information content (AvgIpc) is 2.76. The summed E-state index contributed by atoms with van der Waals surface area (Å²) in [6, 6.07) is -0.0745. The van der Waals surface area contributed by atoms with Crippen LogP contribution in [0.25, 0.3) is 0 Å². The van der Waals surface area contributed by atoms with Gasteiger partial charge in [0.25, 0.3) is 0 Å². The highest BCUT2D eigenvalue weighted by atomic mass is 32.2. The first-order valence-electron chi connectivity index (χ1n) is 6.46. The van der Waals surface area contributed by atoms with E-state index in [1.807, 2.05) is 12.3 Å². The second-order valence-electron chi connectivity index (χ2n) is 4.69. The van der Waals surface area contributed by atoms with Crippen molar-refractivity contribution in [2.24, 2.45) is 0 Å². The van der Waals surface area contributed by atoms with Crippen molar-refractivity contribution in [3.8, 4) is 0 Å². The number of hydrogen-bond donors (Lipinski definition) is 1. The molecule has 2 heterocycles. The number of amides is 2. The molecule has 112 valence electrons. The summed E-state index contributed by atoms with van der Waals surface area (Å²) in [5.74, 6) is 1.21. The number of carbonyl (C=O) groups is 1. The van der Waals surface area contributed by atoms with Gasteiger partial charge in [0.15, 0.2) is 5.13 Å². The topological polar surface area (TPSA) is 71.5 Å². The zero-order valence-electron chi connectivity index (χ0n) is 11.6. The van der Waals surface area contributed by atoms with E-state index in [1.165, 1.54) is 11.3 Å². The predicted molar refractivity (Wildman–Crippen MR) is 80.5 cm³/mol. The number of nitrogens with zero attached hydrogens (tertiary/aromatic N) is 2. The number of methoxy groups -OCH3 is 1. The zero-order valence-corrected chi connectivity index (χ0v) is 13.3. The first kappa shape index (κ1) is 15.4. The highest BCUT2D eigenvalue weighted by Gasteiger charge is 2.24. The number of carbonyl (C=O) groups excluding carboxylic acids is 1. The van der Waals surface area contributed by atoms with Gasteiger partial charge in [0, 0.05) is 47.4 Å². The minimum Gasteiger partial charge on any atom is -0.378 e. The molecule has 6 nitrogen and oxygen atoms in total. The van der Waals surface area contributed by atoms with E-state index in [4.69, 9.17) is 4.74 Å². The van der Waals surface area contributed by atoms with Gasteiger partial charge in [-0.05, 0) is 13.3 Å². The average molecular weight is 317 g/mol. The van der Waals surface area contributed by atoms with Crippen molar-refractivity contribution in [1.82, 2.24) is 9.88 Å². The number of ether oxygens (including phenoxy) is 1. The van der Waals surface area contributed by atoms with E-state index < -0.39 is 10.8 Å². The van der Waals surface area contributed by atoms with Crippen LogP contribution in [0.1, 0.15) is 19.0 Å². The maximum absolute atomic E-state index is 12.3. The highest BCUT2D eigenvalue weighted by molar-refractivity contribution is 7.85. The minimum absolute atomic E-state index is 0.0971. The van der Waals surface area contributed by atoms with Crippen LogP contribution < -0.4 is 5.32 Å². The summed E-state index contributed by atoms with van der Waals surface area (Å²) in [6.07, 6.45) is 0.771. The molecule has 2 unspecified atom stereocenters. The largest absolute Gasteiger partial charge is 0.378 e. The van der Waals surface area contributed by atoms with Gasteiger partial charge in [0.1, 0.15) is 0 Å². The first-order valence-corrected chi connectivity index (χ1v) is 8.83. The Kier molecular flexibility index (Phi) is 5.50. The third-order valence-electron chi connectivity index (χ3n) is 3.17. The van der Waals surface area contributed by atoms with Gasteiger partial charge in [0.05, 0.1) is 12.3 Å². The summed E-state index contributed by atoms with van der Waals surface area (Å²) < 4.78 is 16.6. The molecule has 2 atom stereocenters. The van der Waals surface area contributed by atoms with Crippen molar-refractivity contribution >= 4 is 33.3 Å². The number of rotatable bonds is 3. The van der Waals surface area contributed by atoms with Gasteiger partial charge in [-0.15, -0.1) is 11.3 Å². The summed E-state index contributed by atoms with van der Waals surface area (Å²) in [6.45, 7) is 2.95. The fraction of sp³-hybridized carbons (Fsp3) is 0.667. The molecule has 0 aromatic carbocycles. The molecule has 0 bridgehead atoms. The Morgan fingerprint density at radius 1 is 1.65 bits per heavy atom. The number of thiazole rings is 1. The molecule has 20 heavy (non-hydrogen) atoms. The van der Waals surface area contributed by atoms with E-state index in [0.29, 0.717) is 29.8 Å². The van der Waals surface area contributed by atoms with Crippen LogP contribution in [0.2, 0.25) is 0 Å². The lowest BCUT2D eigenvalue weighted by molar-refractivity contribution is 0.182. The lowest BCUT2D eigenvalue weighted by atomic mass is 10.2. The molecule has 0 saturated carbocycles. The fourth-order valence-corrected chi connectivity index (χ4v) is 3.92. The van der Waals surface area contributed by atoms with Gasteiger partial charge in [-0.3, -0.25) is 9.53 Å². The molecule has 1 N–H and O–H groups in total. The van der Waals surface area contributed by atoms with E-state index in [-0.39, 0.29) is 12.1 Å². The van der Waals surface area contributed by atoms with Crippen molar-refractivity contribution in [3.05, 3.63) is 11.1 Å². The molecule has 0 spiro atoms. The molecule has 0 radical (unpaired) electrons. The summed E-state index contributed by atoms with van der Waals surface area (Å²) in [5.41, 5.74) is 0.804. The van der Waals surface area contributed by atoms with Gasteiger partial charge in [-0.25, -0.2) is 9.78 Å². The third-order valence-corrected chi connectivity index (χ3v) is 5.31. The zero-order chi connectivity index (χ0) is 14.5. The summed E-state index contributed by atoms with van der Waals surface area (Å²) >= 11 is 1.38. The van der Waals surface area contributed by atoms with Crippen LogP contribution in [0.4, 0.5) is 9.93 Å². The van der Waals surface area contributed by atoms with Gasteiger partial charge in [-0.2, -0.15) is 0 Å². The molecule has 8 heteroatoms. The molecule has 0 aliphatic carbocycles. The molecule has 1 aromatic rings. The molecule has 1 saturated heterocycles. The fourth-order valence-electron chi connectivity index (χ4n) is 2.02. The standard InChI is InChI=1S/C12H19N3O3S2/c1-9-3-5-20(17)6-4-15(9)12(16)14-11-13-10(7-18-2)8-19-11/h8-9H,3-7H2,1-2H3,(H,13,14,16). The Morgan fingerprint density at radius 2 is 2.45 bits per heavy atom. The Bertz CT molecular complexity index is 492. The lowest BCUT2D eigenvalue weighted by Gasteiger charge is -2.26. The van der Waals surface area contributed by atoms with Crippen molar-refractivity contribution < 1.29 is 13.7 Å². The SMILES string of the molecule is COCc1csc(NC(=O)N2CCS(=O)CCC2C)n1. The lowest BCUT2D eigenvalue weighted by Crippen LogP contribution is -2.42. The van der Waals surface area contributed by atoms with Gasteiger partial charge < -0.3 is 9.64 Å². The molecule has 1 aliphatic rings. The van der Waals surface area contributed by atoms with Crippen LogP contribution in [-0.2, 0) is 22.1 Å². The van der Waals surface area contributed by atoms with Crippen LogP contribution in [0, 0.1) is 0 Å². The van der Waals surface area contributed by atoms with E-state index in [1.54, 1.807) is 12.0 Å². The van der Waals surface area contributed by atoms with Crippen molar-refractivity contribution in [2.75, 3.05) is 30.5 Å². The van der Waals surface area contributed by atoms with Crippen molar-refractivity contribution in [1.29, 1.82) is 0 Å². The quantitative estimate of drug-likeness (QED) is 0.920. The van der Waals surface area contributed by atoms with Crippen LogP contribution in [0.3, 0.4) is 0 Å². The number of nitrogens with one attached hydrogen (secondary N) is 1. The summed E-state index contributed by atoms with van der Waals surface area (Å²) in [7, 11) is 0.796.